The van der Waals surface area contributed by atoms with Crippen molar-refractivity contribution in [3.05, 3.63) is 11.5 Å². The molecule has 1 aromatic heterocycles. The van der Waals surface area contributed by atoms with Crippen LogP contribution in [0.25, 0.3) is 0 Å². The molecule has 0 saturated heterocycles. The van der Waals surface area contributed by atoms with Crippen LogP contribution in [0.2, 0.25) is 5.28 Å². The van der Waals surface area contributed by atoms with Crippen LogP contribution < -0.4 is 10.6 Å². The zero-order valence-corrected chi connectivity index (χ0v) is 9.01. The Morgan fingerprint density at radius 3 is 3.20 bits per heavy atom. The third-order valence-electron chi connectivity index (χ3n) is 2.40. The second-order valence-electron chi connectivity index (χ2n) is 3.38. The number of halogens is 1. The molecule has 0 spiro atoms. The maximum absolute atomic E-state index is 11.7. The van der Waals surface area contributed by atoms with Crippen LogP contribution in [0, 0.1) is 5.92 Å². The number of carbonyl (C=O) groups excluding carboxylic acids is 1. The second kappa shape index (κ2) is 4.02. The van der Waals surface area contributed by atoms with E-state index in [-0.39, 0.29) is 17.1 Å². The molecule has 6 heteroatoms. The number of anilines is 2. The molecule has 2 rings (SSSR count). The smallest absolute Gasteiger partial charge is 0.229 e. The van der Waals surface area contributed by atoms with E-state index < -0.39 is 0 Å². The van der Waals surface area contributed by atoms with Gasteiger partial charge in [0.25, 0.3) is 0 Å². The van der Waals surface area contributed by atoms with E-state index >= 15 is 0 Å². The van der Waals surface area contributed by atoms with Gasteiger partial charge in [0.2, 0.25) is 11.2 Å². The van der Waals surface area contributed by atoms with Gasteiger partial charge in [-0.25, -0.2) is 4.98 Å². The molecule has 0 fully saturated rings. The number of fused-ring (bicyclic) bond motifs is 1. The van der Waals surface area contributed by atoms with Crippen LogP contribution >= 0.6 is 11.6 Å². The average molecular weight is 227 g/mol. The Kier molecular flexibility index (Phi) is 2.73. The number of nitrogens with one attached hydrogen (secondary N) is 2. The highest BCUT2D eigenvalue weighted by molar-refractivity contribution is 6.28. The van der Waals surface area contributed by atoms with Gasteiger partial charge in [0.05, 0.1) is 12.1 Å². The van der Waals surface area contributed by atoms with Crippen LogP contribution in [0.3, 0.4) is 0 Å². The van der Waals surface area contributed by atoms with Crippen LogP contribution in [0.5, 0.6) is 0 Å². The van der Waals surface area contributed by atoms with Gasteiger partial charge >= 0.3 is 0 Å². The van der Waals surface area contributed by atoms with Crippen molar-refractivity contribution >= 4 is 29.0 Å². The largest absolute Gasteiger partial charge is 0.367 e. The molecule has 2 heterocycles. The first kappa shape index (κ1) is 10.2. The number of amides is 1. The lowest BCUT2D eigenvalue weighted by Gasteiger charge is -2.08. The molecule has 0 radical (unpaired) electrons. The minimum atomic E-state index is -0.0435. The second-order valence-corrected chi connectivity index (χ2v) is 3.71. The van der Waals surface area contributed by atoms with Crippen LogP contribution in [0.15, 0.2) is 6.20 Å². The summed E-state index contributed by atoms with van der Waals surface area (Å²) in [6.45, 7) is 2.54. The van der Waals surface area contributed by atoms with Gasteiger partial charge in [-0.3, -0.25) is 4.79 Å². The fourth-order valence-corrected chi connectivity index (χ4v) is 1.60. The summed E-state index contributed by atoms with van der Waals surface area (Å²) in [7, 11) is 0. The molecular formula is C9H11ClN4O. The summed E-state index contributed by atoms with van der Waals surface area (Å²) in [6, 6.07) is 0. The fraction of sp³-hybridized carbons (Fsp3) is 0.444. The van der Waals surface area contributed by atoms with Crippen LogP contribution in [-0.4, -0.2) is 22.4 Å². The standard InChI is InChI=1S/C9H11ClN4O/c1-2-5-3-11-7-6(13-8(5)15)4-12-9(10)14-7/h4-5H,2-3H2,1H3,(H,13,15)(H,11,12,14). The van der Waals surface area contributed by atoms with Crippen molar-refractivity contribution in [2.75, 3.05) is 17.2 Å². The molecule has 1 atom stereocenters. The summed E-state index contributed by atoms with van der Waals surface area (Å²) in [6.07, 6.45) is 2.29. The molecular weight excluding hydrogens is 216 g/mol. The maximum atomic E-state index is 11.7. The van der Waals surface area contributed by atoms with Gasteiger partial charge < -0.3 is 10.6 Å². The van der Waals surface area contributed by atoms with E-state index in [4.69, 9.17) is 11.6 Å². The van der Waals surface area contributed by atoms with Crippen LogP contribution in [-0.2, 0) is 4.79 Å². The van der Waals surface area contributed by atoms with Crippen molar-refractivity contribution in [2.24, 2.45) is 5.92 Å². The zero-order chi connectivity index (χ0) is 10.8. The number of carbonyl (C=O) groups is 1. The molecule has 0 aromatic carbocycles. The Bertz CT molecular complexity index is 396. The van der Waals surface area contributed by atoms with Gasteiger partial charge in [0.1, 0.15) is 5.69 Å². The average Bonchev–Trinajstić information content (AvgIpc) is 2.36. The third kappa shape index (κ3) is 2.02. The highest BCUT2D eigenvalue weighted by Gasteiger charge is 2.22. The minimum absolute atomic E-state index is 0.00493. The van der Waals surface area contributed by atoms with Gasteiger partial charge in [-0.05, 0) is 18.0 Å². The molecule has 5 nitrogen and oxygen atoms in total. The summed E-state index contributed by atoms with van der Waals surface area (Å²) in [5.41, 5.74) is 0.584. The van der Waals surface area contributed by atoms with E-state index in [1.54, 1.807) is 0 Å². The van der Waals surface area contributed by atoms with Crippen molar-refractivity contribution in [2.45, 2.75) is 13.3 Å². The summed E-state index contributed by atoms with van der Waals surface area (Å²) < 4.78 is 0. The van der Waals surface area contributed by atoms with Crippen LogP contribution in [0.4, 0.5) is 11.5 Å². The Morgan fingerprint density at radius 2 is 2.47 bits per heavy atom. The lowest BCUT2D eigenvalue weighted by atomic mass is 10.1. The minimum Gasteiger partial charge on any atom is -0.367 e. The van der Waals surface area contributed by atoms with Gasteiger partial charge in [-0.15, -0.1) is 0 Å². The molecule has 1 aromatic rings. The molecule has 1 unspecified atom stereocenters. The number of nitrogens with zero attached hydrogens (tertiary/aromatic N) is 2. The fourth-order valence-electron chi connectivity index (χ4n) is 1.46. The molecule has 80 valence electrons. The normalized spacial score (nSPS) is 19.9. The van der Waals surface area contributed by atoms with E-state index in [0.29, 0.717) is 18.1 Å². The molecule has 1 aliphatic heterocycles. The summed E-state index contributed by atoms with van der Waals surface area (Å²) >= 11 is 5.66. The molecule has 0 bridgehead atoms. The van der Waals surface area contributed by atoms with E-state index in [1.165, 1.54) is 6.20 Å². The van der Waals surface area contributed by atoms with Gasteiger partial charge in [-0.1, -0.05) is 6.92 Å². The van der Waals surface area contributed by atoms with Crippen LogP contribution in [0.1, 0.15) is 13.3 Å². The maximum Gasteiger partial charge on any atom is 0.229 e. The Labute approximate surface area is 92.3 Å². The molecule has 1 amide bonds. The van der Waals surface area contributed by atoms with E-state index in [9.17, 15) is 4.79 Å². The monoisotopic (exact) mass is 226 g/mol. The first-order chi connectivity index (χ1) is 7.20. The predicted octanol–water partition coefficient (Wildman–Crippen LogP) is 1.52. The van der Waals surface area contributed by atoms with Gasteiger partial charge in [0, 0.05) is 6.54 Å². The first-order valence-electron chi connectivity index (χ1n) is 4.78. The van der Waals surface area contributed by atoms with E-state index in [1.807, 2.05) is 6.92 Å². The topological polar surface area (TPSA) is 66.9 Å². The Balaban J connectivity index is 2.31. The zero-order valence-electron chi connectivity index (χ0n) is 8.25. The van der Waals surface area contributed by atoms with Gasteiger partial charge in [0.15, 0.2) is 5.82 Å². The van der Waals surface area contributed by atoms with Crippen molar-refractivity contribution < 1.29 is 4.79 Å². The number of hydrogen-bond donors (Lipinski definition) is 2. The van der Waals surface area contributed by atoms with E-state index in [2.05, 4.69) is 20.6 Å². The van der Waals surface area contributed by atoms with Crippen molar-refractivity contribution in [3.63, 3.8) is 0 Å². The number of rotatable bonds is 1. The number of aromatic nitrogens is 2. The highest BCUT2D eigenvalue weighted by atomic mass is 35.5. The summed E-state index contributed by atoms with van der Waals surface area (Å²) in [5.74, 6) is 0.534. The quantitative estimate of drug-likeness (QED) is 0.713. The molecule has 1 aliphatic rings. The SMILES string of the molecule is CCC1CNc2nc(Cl)ncc2NC1=O. The van der Waals surface area contributed by atoms with Crippen molar-refractivity contribution in [1.82, 2.24) is 9.97 Å². The van der Waals surface area contributed by atoms with Crippen molar-refractivity contribution in [1.29, 1.82) is 0 Å². The first-order valence-corrected chi connectivity index (χ1v) is 5.15. The lowest BCUT2D eigenvalue weighted by Crippen LogP contribution is -2.24. The van der Waals surface area contributed by atoms with E-state index in [0.717, 1.165) is 6.42 Å². The lowest BCUT2D eigenvalue weighted by molar-refractivity contribution is -0.119. The molecule has 0 saturated carbocycles. The van der Waals surface area contributed by atoms with Gasteiger partial charge in [-0.2, -0.15) is 4.98 Å². The third-order valence-corrected chi connectivity index (χ3v) is 2.58. The molecule has 0 aliphatic carbocycles. The Morgan fingerprint density at radius 1 is 1.67 bits per heavy atom. The summed E-state index contributed by atoms with van der Waals surface area (Å²) in [4.78, 5) is 19.5. The highest BCUT2D eigenvalue weighted by Crippen LogP contribution is 2.24. The molecule has 15 heavy (non-hydrogen) atoms. The Hall–Kier alpha value is -1.36. The summed E-state index contributed by atoms with van der Waals surface area (Å²) in [5, 5.41) is 6.02. The number of hydrogen-bond acceptors (Lipinski definition) is 4. The predicted molar refractivity (Wildman–Crippen MR) is 57.9 cm³/mol. The van der Waals surface area contributed by atoms with Crippen molar-refractivity contribution in [3.8, 4) is 0 Å². The molecule has 2 N–H and O–H groups in total.